The lowest BCUT2D eigenvalue weighted by atomic mass is 9.97. The maximum Gasteiger partial charge on any atom is 0.411 e. The molecule has 3 heterocycles. The van der Waals surface area contributed by atoms with E-state index in [1.807, 2.05) is 24.3 Å². The molecule has 0 bridgehead atoms. The van der Waals surface area contributed by atoms with E-state index in [1.165, 1.54) is 21.9 Å². The minimum Gasteiger partial charge on any atom is -0.444 e. The van der Waals surface area contributed by atoms with Crippen LogP contribution in [0.4, 0.5) is 28.4 Å². The molecule has 0 spiro atoms. The van der Waals surface area contributed by atoms with E-state index >= 15 is 8.78 Å². The third-order valence-corrected chi connectivity index (χ3v) is 9.78. The first-order valence-corrected chi connectivity index (χ1v) is 18.1. The summed E-state index contributed by atoms with van der Waals surface area (Å²) in [5.74, 6) is -3.33. The number of nitrogens with zero attached hydrogens (tertiary/aromatic N) is 3. The SMILES string of the molecule is CC(C)(C)OC(=O)N1CCC[C@H]1C(=O)Nc1ccc2c(c1)C(F)(F)c1cc(-c3ccc(-c4cnc([C@@H]5C[C@H](F)CN5C(=O)OC(C)(C)C)[nH]4)cc3)ccc1-2. The number of aromatic amines is 1. The molecule has 3 aromatic carbocycles. The third-order valence-electron chi connectivity index (χ3n) is 9.78. The van der Waals surface area contributed by atoms with Gasteiger partial charge < -0.3 is 19.8 Å². The normalized spacial score (nSPS) is 20.4. The highest BCUT2D eigenvalue weighted by Crippen LogP contribution is 2.52. The molecule has 13 heteroatoms. The van der Waals surface area contributed by atoms with Crippen LogP contribution >= 0.6 is 0 Å². The van der Waals surface area contributed by atoms with Crippen LogP contribution in [0.1, 0.15) is 83.8 Å². The molecular weight excluding hydrogens is 699 g/mol. The Morgan fingerprint density at radius 2 is 1.43 bits per heavy atom. The van der Waals surface area contributed by atoms with Crippen LogP contribution in [0, 0.1) is 0 Å². The average Bonchev–Trinajstić information content (AvgIpc) is 3.89. The highest BCUT2D eigenvalue weighted by atomic mass is 19.3. The van der Waals surface area contributed by atoms with Crippen LogP contribution in [0.25, 0.3) is 33.5 Å². The fraction of sp³-hybridized carbons (Fsp3) is 0.415. The lowest BCUT2D eigenvalue weighted by molar-refractivity contribution is -0.120. The second-order valence-electron chi connectivity index (χ2n) is 16.2. The van der Waals surface area contributed by atoms with E-state index in [-0.39, 0.29) is 29.8 Å². The van der Waals surface area contributed by atoms with E-state index in [9.17, 15) is 18.8 Å². The Hall–Kier alpha value is -5.33. The van der Waals surface area contributed by atoms with Crippen LogP contribution in [0.15, 0.2) is 66.9 Å². The number of imidazole rings is 1. The summed E-state index contributed by atoms with van der Waals surface area (Å²) in [6.45, 7) is 10.8. The van der Waals surface area contributed by atoms with E-state index in [0.717, 1.165) is 11.1 Å². The number of H-pyrrole nitrogens is 1. The number of fused-ring (bicyclic) bond motifs is 3. The van der Waals surface area contributed by atoms with Gasteiger partial charge in [-0.1, -0.05) is 42.5 Å². The highest BCUT2D eigenvalue weighted by Gasteiger charge is 2.45. The van der Waals surface area contributed by atoms with Gasteiger partial charge >= 0.3 is 12.2 Å². The number of rotatable bonds is 5. The number of aromatic nitrogens is 2. The number of alkyl halides is 3. The summed E-state index contributed by atoms with van der Waals surface area (Å²) >= 11 is 0. The number of carbonyl (C=O) groups is 3. The molecule has 0 unspecified atom stereocenters. The Morgan fingerprint density at radius 3 is 2.09 bits per heavy atom. The summed E-state index contributed by atoms with van der Waals surface area (Å²) in [5, 5.41) is 2.75. The molecule has 0 saturated carbocycles. The number of hydrogen-bond acceptors (Lipinski definition) is 6. The van der Waals surface area contributed by atoms with Gasteiger partial charge in [0.1, 0.15) is 29.2 Å². The van der Waals surface area contributed by atoms with Crippen LogP contribution in [0.3, 0.4) is 0 Å². The van der Waals surface area contributed by atoms with Crippen molar-refractivity contribution in [3.63, 3.8) is 0 Å². The summed E-state index contributed by atoms with van der Waals surface area (Å²) in [7, 11) is 0. The first-order chi connectivity index (χ1) is 25.4. The number of halogens is 3. The van der Waals surface area contributed by atoms with Crippen molar-refractivity contribution in [1.82, 2.24) is 19.8 Å². The molecule has 2 saturated heterocycles. The summed E-state index contributed by atoms with van der Waals surface area (Å²) in [6, 6.07) is 15.4. The van der Waals surface area contributed by atoms with Gasteiger partial charge in [-0.05, 0) is 100 Å². The zero-order valence-electron chi connectivity index (χ0n) is 31.1. The molecule has 1 aliphatic carbocycles. The van der Waals surface area contributed by atoms with Crippen LogP contribution in [-0.4, -0.2) is 74.4 Å². The van der Waals surface area contributed by atoms with E-state index in [4.69, 9.17) is 9.47 Å². The maximum absolute atomic E-state index is 16.1. The molecule has 4 aromatic rings. The molecule has 3 atom stereocenters. The Kier molecular flexibility index (Phi) is 9.26. The second-order valence-corrected chi connectivity index (χ2v) is 16.2. The van der Waals surface area contributed by atoms with Crippen LogP contribution in [-0.2, 0) is 20.2 Å². The van der Waals surface area contributed by atoms with E-state index in [0.29, 0.717) is 47.6 Å². The van der Waals surface area contributed by atoms with Crippen LogP contribution in [0.5, 0.6) is 0 Å². The lowest BCUT2D eigenvalue weighted by Gasteiger charge is -2.28. The molecule has 3 aliphatic rings. The van der Waals surface area contributed by atoms with Gasteiger partial charge in [-0.25, -0.2) is 19.0 Å². The molecule has 7 rings (SSSR count). The van der Waals surface area contributed by atoms with Crippen LogP contribution < -0.4 is 5.32 Å². The molecule has 2 N–H and O–H groups in total. The van der Waals surface area contributed by atoms with Gasteiger partial charge in [-0.2, -0.15) is 8.78 Å². The predicted octanol–water partition coefficient (Wildman–Crippen LogP) is 9.22. The molecule has 2 aliphatic heterocycles. The third kappa shape index (κ3) is 7.28. The standard InChI is InChI=1S/C41H44F3N5O5/c1-39(2,3)53-37(51)48-17-7-8-33(48)36(50)46-27-14-16-29-28-15-13-25(18-30(28)41(43,44)31(29)20-27)23-9-11-24(12-10-23)32-21-45-35(47-32)34-19-26(42)22-49(34)38(52)54-40(4,5)6/h9-16,18,20-21,26,33-34H,7-8,17,19,22H2,1-6H3,(H,45,47)(H,46,50)/t26-,33-,34-/m0/s1. The Balaban J connectivity index is 1.06. The van der Waals surface area contributed by atoms with Gasteiger partial charge in [0.25, 0.3) is 5.92 Å². The second kappa shape index (κ2) is 13.5. The van der Waals surface area contributed by atoms with Crippen molar-refractivity contribution >= 4 is 23.8 Å². The summed E-state index contributed by atoms with van der Waals surface area (Å²) in [4.78, 5) is 49.2. The van der Waals surface area contributed by atoms with Crippen molar-refractivity contribution in [2.45, 2.75) is 96.2 Å². The monoisotopic (exact) mass is 743 g/mol. The number of hydrogen-bond donors (Lipinski definition) is 2. The van der Waals surface area contributed by atoms with E-state index < -0.39 is 53.5 Å². The quantitative estimate of drug-likeness (QED) is 0.211. The van der Waals surface area contributed by atoms with Gasteiger partial charge in [-0.15, -0.1) is 0 Å². The van der Waals surface area contributed by atoms with Gasteiger partial charge in [0.15, 0.2) is 0 Å². The number of likely N-dealkylation sites (tertiary alicyclic amines) is 2. The molecule has 3 amide bonds. The minimum absolute atomic E-state index is 0.0798. The number of amides is 3. The molecule has 1 aromatic heterocycles. The van der Waals surface area contributed by atoms with E-state index in [1.54, 1.807) is 72.0 Å². The van der Waals surface area contributed by atoms with Gasteiger partial charge in [0.2, 0.25) is 5.91 Å². The number of ether oxygens (including phenoxy) is 2. The Bertz CT molecular complexity index is 2100. The highest BCUT2D eigenvalue weighted by molar-refractivity contribution is 5.97. The van der Waals surface area contributed by atoms with Crippen molar-refractivity contribution < 1.29 is 37.0 Å². The van der Waals surface area contributed by atoms with Gasteiger partial charge in [-0.3, -0.25) is 14.6 Å². The zero-order valence-corrected chi connectivity index (χ0v) is 31.1. The number of nitrogens with one attached hydrogen (secondary N) is 2. The van der Waals surface area contributed by atoms with Crippen molar-refractivity contribution in [2.24, 2.45) is 0 Å². The van der Waals surface area contributed by atoms with E-state index in [2.05, 4.69) is 15.3 Å². The fourth-order valence-corrected chi connectivity index (χ4v) is 7.35. The van der Waals surface area contributed by atoms with Crippen molar-refractivity contribution in [2.75, 3.05) is 18.4 Å². The summed E-state index contributed by atoms with van der Waals surface area (Å²) < 4.78 is 57.7. The molecule has 10 nitrogen and oxygen atoms in total. The van der Waals surface area contributed by atoms with Crippen LogP contribution in [0.2, 0.25) is 0 Å². The van der Waals surface area contributed by atoms with Crippen molar-refractivity contribution in [3.05, 3.63) is 83.8 Å². The Morgan fingerprint density at radius 1 is 0.833 bits per heavy atom. The van der Waals surface area contributed by atoms with Gasteiger partial charge in [0.05, 0.1) is 24.5 Å². The summed E-state index contributed by atoms with van der Waals surface area (Å²) in [6.07, 6.45) is 0.412. The first-order valence-electron chi connectivity index (χ1n) is 18.1. The molecular formula is C41H44F3N5O5. The largest absolute Gasteiger partial charge is 0.444 e. The molecule has 0 radical (unpaired) electrons. The predicted molar refractivity (Wildman–Crippen MR) is 198 cm³/mol. The fourth-order valence-electron chi connectivity index (χ4n) is 7.35. The molecule has 2 fully saturated rings. The lowest BCUT2D eigenvalue weighted by Crippen LogP contribution is -2.45. The number of benzene rings is 3. The number of anilines is 1. The topological polar surface area (TPSA) is 117 Å². The van der Waals surface area contributed by atoms with Crippen molar-refractivity contribution in [3.8, 4) is 33.5 Å². The smallest absolute Gasteiger partial charge is 0.411 e. The Labute approximate surface area is 312 Å². The maximum atomic E-state index is 16.1. The first kappa shape index (κ1) is 37.0. The average molecular weight is 744 g/mol. The molecule has 284 valence electrons. The minimum atomic E-state index is -3.32. The number of carbonyl (C=O) groups excluding carboxylic acids is 3. The zero-order chi connectivity index (χ0) is 38.7. The molecule has 54 heavy (non-hydrogen) atoms. The van der Waals surface area contributed by atoms with Crippen molar-refractivity contribution in [1.29, 1.82) is 0 Å². The summed E-state index contributed by atoms with van der Waals surface area (Å²) in [5.41, 5.74) is 1.98. The van der Waals surface area contributed by atoms with Gasteiger partial charge in [0, 0.05) is 29.8 Å².